The van der Waals surface area contributed by atoms with Crippen LogP contribution in [0.3, 0.4) is 0 Å². The van der Waals surface area contributed by atoms with Crippen LogP contribution < -0.4 is 10.6 Å². The Balaban J connectivity index is 1.96. The van der Waals surface area contributed by atoms with Gasteiger partial charge >= 0.3 is 0 Å². The van der Waals surface area contributed by atoms with E-state index in [9.17, 15) is 13.2 Å². The van der Waals surface area contributed by atoms with E-state index in [2.05, 4.69) is 26.6 Å². The smallest absolute Gasteiger partial charge is 0.294 e. The Morgan fingerprint density at radius 1 is 1.22 bits per heavy atom. The Hall–Kier alpha value is -2.67. The number of rotatable bonds is 7. The van der Waals surface area contributed by atoms with E-state index >= 15 is 0 Å². The Kier molecular flexibility index (Phi) is 7.12. The van der Waals surface area contributed by atoms with Crippen LogP contribution in [0.15, 0.2) is 69.7 Å². The lowest BCUT2D eigenvalue weighted by Gasteiger charge is -2.06. The van der Waals surface area contributed by atoms with Gasteiger partial charge in [0.25, 0.3) is 16.0 Å². The summed E-state index contributed by atoms with van der Waals surface area (Å²) in [7, 11) is -4.38. The molecule has 0 bridgehead atoms. The standard InChI is InChI=1S/C18H16BrN3O4S/c19-15-6-4-13(5-7-15)8-9-21-12-14(11-20)18(23)22-16-2-1-3-17(10-16)27(24,25)26/h1-7,10,12,21H,8-9H2,(H,22,23)(H,24,25,26)/b14-12-. The number of amides is 1. The number of anilines is 1. The molecule has 0 fully saturated rings. The van der Waals surface area contributed by atoms with E-state index in [-0.39, 0.29) is 16.2 Å². The van der Waals surface area contributed by atoms with Crippen LogP contribution in [0.5, 0.6) is 0 Å². The van der Waals surface area contributed by atoms with Gasteiger partial charge in [-0.3, -0.25) is 9.35 Å². The van der Waals surface area contributed by atoms with Crippen LogP contribution >= 0.6 is 15.9 Å². The number of carbonyl (C=O) groups is 1. The van der Waals surface area contributed by atoms with Gasteiger partial charge in [0.2, 0.25) is 0 Å². The van der Waals surface area contributed by atoms with Gasteiger partial charge < -0.3 is 10.6 Å². The predicted octanol–water partition coefficient (Wildman–Crippen LogP) is 2.87. The van der Waals surface area contributed by atoms with E-state index in [4.69, 9.17) is 9.81 Å². The van der Waals surface area contributed by atoms with Crippen LogP contribution in [-0.2, 0) is 21.3 Å². The number of nitrogens with zero attached hydrogens (tertiary/aromatic N) is 1. The van der Waals surface area contributed by atoms with Crippen molar-refractivity contribution >= 4 is 37.6 Å². The minimum Gasteiger partial charge on any atom is -0.389 e. The van der Waals surface area contributed by atoms with Crippen LogP contribution in [0.4, 0.5) is 5.69 Å². The van der Waals surface area contributed by atoms with Crippen molar-refractivity contribution in [1.82, 2.24) is 5.32 Å². The van der Waals surface area contributed by atoms with Crippen LogP contribution in [0.2, 0.25) is 0 Å². The number of halogens is 1. The normalized spacial score (nSPS) is 11.5. The second-order valence-electron chi connectivity index (χ2n) is 5.46. The summed E-state index contributed by atoms with van der Waals surface area (Å²) in [4.78, 5) is 11.8. The fourth-order valence-electron chi connectivity index (χ4n) is 2.12. The Morgan fingerprint density at radius 2 is 1.93 bits per heavy atom. The lowest BCUT2D eigenvalue weighted by Crippen LogP contribution is -2.18. The van der Waals surface area contributed by atoms with Gasteiger partial charge in [-0.25, -0.2) is 0 Å². The molecule has 1 amide bonds. The third-order valence-electron chi connectivity index (χ3n) is 3.47. The molecule has 2 aromatic rings. The van der Waals surface area contributed by atoms with Gasteiger partial charge in [-0.2, -0.15) is 13.7 Å². The van der Waals surface area contributed by atoms with Gasteiger partial charge in [-0.1, -0.05) is 34.1 Å². The number of benzene rings is 2. The third-order valence-corrected chi connectivity index (χ3v) is 4.85. The van der Waals surface area contributed by atoms with Crippen LogP contribution in [0.1, 0.15) is 5.56 Å². The van der Waals surface area contributed by atoms with Crippen molar-refractivity contribution in [2.45, 2.75) is 11.3 Å². The van der Waals surface area contributed by atoms with Crippen LogP contribution in [0, 0.1) is 11.3 Å². The molecule has 2 aromatic carbocycles. The summed E-state index contributed by atoms with van der Waals surface area (Å²) in [6, 6.07) is 14.7. The van der Waals surface area contributed by atoms with E-state index in [1.165, 1.54) is 24.4 Å². The molecule has 3 N–H and O–H groups in total. The van der Waals surface area contributed by atoms with Crippen molar-refractivity contribution in [2.75, 3.05) is 11.9 Å². The third kappa shape index (κ3) is 6.53. The van der Waals surface area contributed by atoms with Crippen molar-refractivity contribution in [3.8, 4) is 6.07 Å². The second kappa shape index (κ2) is 9.32. The quantitative estimate of drug-likeness (QED) is 0.258. The zero-order valence-corrected chi connectivity index (χ0v) is 16.4. The molecule has 0 atom stereocenters. The van der Waals surface area contributed by atoms with Gasteiger partial charge in [-0.05, 0) is 42.3 Å². The molecule has 0 spiro atoms. The van der Waals surface area contributed by atoms with Gasteiger partial charge in [0.15, 0.2) is 0 Å². The number of hydrogen-bond donors (Lipinski definition) is 3. The first-order valence-corrected chi connectivity index (χ1v) is 10.00. The molecule has 0 saturated carbocycles. The van der Waals surface area contributed by atoms with Gasteiger partial charge in [0, 0.05) is 22.9 Å². The molecule has 0 heterocycles. The Bertz CT molecular complexity index is 996. The van der Waals surface area contributed by atoms with Crippen molar-refractivity contribution in [3.05, 3.63) is 70.3 Å². The lowest BCUT2D eigenvalue weighted by atomic mass is 10.1. The predicted molar refractivity (Wildman–Crippen MR) is 104 cm³/mol. The molecule has 2 rings (SSSR count). The molecule has 0 aliphatic heterocycles. The van der Waals surface area contributed by atoms with Crippen molar-refractivity contribution in [2.24, 2.45) is 0 Å². The maximum absolute atomic E-state index is 12.1. The van der Waals surface area contributed by atoms with Gasteiger partial charge in [-0.15, -0.1) is 0 Å². The first-order chi connectivity index (χ1) is 12.8. The first kappa shape index (κ1) is 20.6. The maximum atomic E-state index is 12.1. The summed E-state index contributed by atoms with van der Waals surface area (Å²) in [5.74, 6) is -0.693. The first-order valence-electron chi connectivity index (χ1n) is 7.76. The minimum absolute atomic E-state index is 0.145. The van der Waals surface area contributed by atoms with Gasteiger partial charge in [0.1, 0.15) is 11.6 Å². The molecule has 0 saturated heterocycles. The van der Waals surface area contributed by atoms with E-state index in [1.807, 2.05) is 24.3 Å². The highest BCUT2D eigenvalue weighted by molar-refractivity contribution is 9.10. The molecule has 27 heavy (non-hydrogen) atoms. The fraction of sp³-hybridized carbons (Fsp3) is 0.111. The molecule has 0 aliphatic carbocycles. The van der Waals surface area contributed by atoms with Crippen LogP contribution in [-0.4, -0.2) is 25.4 Å². The summed E-state index contributed by atoms with van der Waals surface area (Å²) in [5, 5.41) is 14.5. The van der Waals surface area contributed by atoms with E-state index in [0.717, 1.165) is 16.1 Å². The molecule has 0 unspecified atom stereocenters. The number of nitriles is 1. The molecule has 0 aromatic heterocycles. The number of carbonyl (C=O) groups excluding carboxylic acids is 1. The van der Waals surface area contributed by atoms with Crippen molar-refractivity contribution in [1.29, 1.82) is 5.26 Å². The molecule has 0 radical (unpaired) electrons. The van der Waals surface area contributed by atoms with E-state index < -0.39 is 16.0 Å². The van der Waals surface area contributed by atoms with E-state index in [0.29, 0.717) is 13.0 Å². The summed E-state index contributed by atoms with van der Waals surface area (Å²) in [6.45, 7) is 0.526. The highest BCUT2D eigenvalue weighted by Gasteiger charge is 2.13. The molecule has 9 heteroatoms. The number of nitrogens with one attached hydrogen (secondary N) is 2. The molecular weight excluding hydrogens is 434 g/mol. The Labute approximate surface area is 165 Å². The van der Waals surface area contributed by atoms with Crippen molar-refractivity contribution in [3.63, 3.8) is 0 Å². The average Bonchev–Trinajstić information content (AvgIpc) is 2.62. The second-order valence-corrected chi connectivity index (χ2v) is 7.79. The number of hydrogen-bond acceptors (Lipinski definition) is 5. The van der Waals surface area contributed by atoms with Crippen molar-refractivity contribution < 1.29 is 17.8 Å². The van der Waals surface area contributed by atoms with Crippen LogP contribution in [0.25, 0.3) is 0 Å². The molecular formula is C18H16BrN3O4S. The lowest BCUT2D eigenvalue weighted by molar-refractivity contribution is -0.112. The summed E-state index contributed by atoms with van der Waals surface area (Å²) >= 11 is 3.36. The summed E-state index contributed by atoms with van der Waals surface area (Å²) < 4.78 is 32.3. The summed E-state index contributed by atoms with van der Waals surface area (Å²) in [5.41, 5.74) is 1.08. The minimum atomic E-state index is -4.38. The molecule has 140 valence electrons. The largest absolute Gasteiger partial charge is 0.389 e. The fourth-order valence-corrected chi connectivity index (χ4v) is 2.91. The highest BCUT2D eigenvalue weighted by atomic mass is 79.9. The molecule has 0 aliphatic rings. The monoisotopic (exact) mass is 449 g/mol. The Morgan fingerprint density at radius 3 is 2.56 bits per heavy atom. The highest BCUT2D eigenvalue weighted by Crippen LogP contribution is 2.15. The maximum Gasteiger partial charge on any atom is 0.294 e. The SMILES string of the molecule is N#C/C(=C/NCCc1ccc(Br)cc1)C(=O)Nc1cccc(S(=O)(=O)O)c1. The zero-order chi connectivity index (χ0) is 19.9. The van der Waals surface area contributed by atoms with Gasteiger partial charge in [0.05, 0.1) is 4.90 Å². The molecule has 7 nitrogen and oxygen atoms in total. The zero-order valence-electron chi connectivity index (χ0n) is 14.0. The summed E-state index contributed by atoms with van der Waals surface area (Å²) in [6.07, 6.45) is 2.02. The topological polar surface area (TPSA) is 119 Å². The van der Waals surface area contributed by atoms with E-state index in [1.54, 1.807) is 6.07 Å². The average molecular weight is 450 g/mol.